The van der Waals surface area contributed by atoms with Gasteiger partial charge in [0.1, 0.15) is 5.82 Å². The molecule has 2 fully saturated rings. The van der Waals surface area contributed by atoms with Crippen LogP contribution in [0.5, 0.6) is 5.75 Å². The number of ether oxygens (including phenoxy) is 2. The number of halogens is 1. The normalized spacial score (nSPS) is 25.3. The van der Waals surface area contributed by atoms with Crippen LogP contribution < -0.4 is 14.8 Å². The van der Waals surface area contributed by atoms with Gasteiger partial charge in [0, 0.05) is 43.5 Å². The molecule has 4 heterocycles. The van der Waals surface area contributed by atoms with Gasteiger partial charge in [0.2, 0.25) is 5.91 Å². The number of rotatable bonds is 3. The van der Waals surface area contributed by atoms with Crippen LogP contribution in [-0.4, -0.2) is 60.2 Å². The Kier molecular flexibility index (Phi) is 5.65. The van der Waals surface area contributed by atoms with Crippen molar-refractivity contribution < 1.29 is 23.5 Å². The number of aryl methyl sites for hydroxylation is 2. The molecule has 2 N–H and O–H groups in total. The molecule has 3 aliphatic heterocycles. The molecule has 5 rings (SSSR count). The van der Waals surface area contributed by atoms with Gasteiger partial charge in [0.25, 0.3) is 5.91 Å². The second-order valence-corrected chi connectivity index (χ2v) is 11.0. The third kappa shape index (κ3) is 3.87. The number of likely N-dealkylation sites (tertiary alicyclic amines) is 1. The fourth-order valence-electron chi connectivity index (χ4n) is 4.78. The summed E-state index contributed by atoms with van der Waals surface area (Å²) in [5.74, 6) is -0.0380. The number of carbonyl (C=O) groups excluding carboxylic acids is 2. The van der Waals surface area contributed by atoms with Gasteiger partial charge in [-0.1, -0.05) is 6.92 Å². The highest BCUT2D eigenvalue weighted by Crippen LogP contribution is 2.42. The molecular formula is C24H29FN4O4S. The van der Waals surface area contributed by atoms with Gasteiger partial charge in [-0.15, -0.1) is 0 Å². The maximum Gasteiger partial charge on any atom is 0.276 e. The van der Waals surface area contributed by atoms with Crippen molar-refractivity contribution in [1.29, 1.82) is 0 Å². The predicted molar refractivity (Wildman–Crippen MR) is 126 cm³/mol. The van der Waals surface area contributed by atoms with E-state index in [-0.39, 0.29) is 29.1 Å². The Morgan fingerprint density at radius 3 is 2.71 bits per heavy atom. The van der Waals surface area contributed by atoms with Crippen molar-refractivity contribution in [3.8, 4) is 5.75 Å². The molecule has 0 bridgehead atoms. The first-order valence-corrected chi connectivity index (χ1v) is 12.1. The molecule has 0 spiro atoms. The fraction of sp³-hybridized carbons (Fsp3) is 0.500. The van der Waals surface area contributed by atoms with E-state index in [1.165, 1.54) is 24.1 Å². The molecule has 0 radical (unpaired) electrons. The summed E-state index contributed by atoms with van der Waals surface area (Å²) >= 11 is 1.41. The lowest BCUT2D eigenvalue weighted by atomic mass is 9.86. The number of carbonyl (C=O) groups is 2. The first-order valence-electron chi connectivity index (χ1n) is 11.3. The van der Waals surface area contributed by atoms with E-state index in [0.717, 1.165) is 4.90 Å². The topological polar surface area (TPSA) is 84.8 Å². The van der Waals surface area contributed by atoms with Gasteiger partial charge in [0.15, 0.2) is 11.4 Å². The second-order valence-electron chi connectivity index (χ2n) is 10.2. The minimum Gasteiger partial charge on any atom is -0.489 e. The smallest absolute Gasteiger partial charge is 0.276 e. The fourth-order valence-corrected chi connectivity index (χ4v) is 5.87. The lowest BCUT2D eigenvalue weighted by molar-refractivity contribution is -0.168. The van der Waals surface area contributed by atoms with Gasteiger partial charge in [-0.2, -0.15) is 0 Å². The summed E-state index contributed by atoms with van der Waals surface area (Å²) in [6, 6.07) is 4.51. The van der Waals surface area contributed by atoms with Gasteiger partial charge in [0.05, 0.1) is 30.1 Å². The lowest BCUT2D eigenvalue weighted by Gasteiger charge is -2.39. The molecule has 34 heavy (non-hydrogen) atoms. The number of hydrogen-bond donors (Lipinski definition) is 2. The largest absolute Gasteiger partial charge is 0.489 e. The zero-order valence-electron chi connectivity index (χ0n) is 19.7. The average molecular weight is 489 g/mol. The Morgan fingerprint density at radius 2 is 2.03 bits per heavy atom. The van der Waals surface area contributed by atoms with Crippen molar-refractivity contribution in [2.24, 2.45) is 17.9 Å². The van der Waals surface area contributed by atoms with Gasteiger partial charge in [-0.05, 0) is 49.6 Å². The summed E-state index contributed by atoms with van der Waals surface area (Å²) in [6.07, 6.45) is 1.85. The summed E-state index contributed by atoms with van der Waals surface area (Å²) in [4.78, 5) is 28.9. The highest BCUT2D eigenvalue weighted by Gasteiger charge is 2.51. The van der Waals surface area contributed by atoms with Crippen molar-refractivity contribution in [3.63, 3.8) is 0 Å². The predicted octanol–water partition coefficient (Wildman–Crippen LogP) is 2.97. The molecule has 2 saturated heterocycles. The van der Waals surface area contributed by atoms with Crippen LogP contribution in [0, 0.1) is 23.6 Å². The zero-order chi connectivity index (χ0) is 24.3. The maximum absolute atomic E-state index is 13.6. The van der Waals surface area contributed by atoms with Crippen molar-refractivity contribution in [2.45, 2.75) is 31.7 Å². The average Bonchev–Trinajstić information content (AvgIpc) is 3.26. The number of benzene rings is 1. The standard InChI is InChI=1S/C24H29FN4O4S/c1-14-7-15(5-6-16(14)25)26-21(30)19-20-17(8-28(19)4)34-27-18-9-29(10-23(18,2)13-33-20)22(31)24(3)11-32-12-24/h5-8,18,27H,9-13H2,1-4H3,(H,26,30). The number of aromatic nitrogens is 1. The summed E-state index contributed by atoms with van der Waals surface area (Å²) in [5.41, 5.74) is 0.592. The maximum atomic E-state index is 13.6. The zero-order valence-corrected chi connectivity index (χ0v) is 20.6. The van der Waals surface area contributed by atoms with Crippen LogP contribution >= 0.6 is 11.9 Å². The quantitative estimate of drug-likeness (QED) is 0.647. The number of nitrogens with zero attached hydrogens (tertiary/aromatic N) is 2. The molecule has 0 aliphatic carbocycles. The summed E-state index contributed by atoms with van der Waals surface area (Å²) in [6.45, 7) is 8.14. The summed E-state index contributed by atoms with van der Waals surface area (Å²) in [7, 11) is 1.80. The van der Waals surface area contributed by atoms with Gasteiger partial charge in [-0.3, -0.25) is 14.3 Å². The van der Waals surface area contributed by atoms with E-state index in [1.54, 1.807) is 24.6 Å². The molecule has 2 amide bonds. The molecule has 182 valence electrons. The molecule has 8 nitrogen and oxygen atoms in total. The second kappa shape index (κ2) is 8.28. The van der Waals surface area contributed by atoms with E-state index in [0.29, 0.717) is 55.6 Å². The van der Waals surface area contributed by atoms with E-state index < -0.39 is 5.41 Å². The van der Waals surface area contributed by atoms with Crippen LogP contribution in [0.15, 0.2) is 29.3 Å². The Balaban J connectivity index is 1.35. The third-order valence-electron chi connectivity index (χ3n) is 7.03. The van der Waals surface area contributed by atoms with Crippen molar-refractivity contribution in [1.82, 2.24) is 14.2 Å². The first-order chi connectivity index (χ1) is 16.1. The van der Waals surface area contributed by atoms with Gasteiger partial charge in [-0.25, -0.2) is 4.39 Å². The van der Waals surface area contributed by atoms with E-state index in [2.05, 4.69) is 17.0 Å². The molecule has 1 aromatic heterocycles. The molecular weight excluding hydrogens is 459 g/mol. The highest BCUT2D eigenvalue weighted by atomic mass is 32.2. The molecule has 0 saturated carbocycles. The number of hydrogen-bond acceptors (Lipinski definition) is 6. The van der Waals surface area contributed by atoms with Crippen LogP contribution in [-0.2, 0) is 16.6 Å². The minimum atomic E-state index is -0.446. The SMILES string of the molecule is Cc1cc(NC(=O)c2c3c(cn2C)SNC2CN(C(=O)C4(C)COC4)CC2(C)CO3)ccc1F. The minimum absolute atomic E-state index is 0.0406. The van der Waals surface area contributed by atoms with Crippen LogP contribution in [0.25, 0.3) is 0 Å². The Morgan fingerprint density at radius 1 is 1.26 bits per heavy atom. The van der Waals surface area contributed by atoms with Crippen LogP contribution in [0.1, 0.15) is 29.9 Å². The van der Waals surface area contributed by atoms with E-state index >= 15 is 0 Å². The van der Waals surface area contributed by atoms with Crippen LogP contribution in [0.4, 0.5) is 10.1 Å². The summed E-state index contributed by atoms with van der Waals surface area (Å²) in [5, 5.41) is 2.85. The number of amides is 2. The monoisotopic (exact) mass is 488 g/mol. The first kappa shape index (κ1) is 23.2. The Hall–Kier alpha value is -2.56. The Bertz CT molecular complexity index is 1160. The van der Waals surface area contributed by atoms with E-state index in [4.69, 9.17) is 9.47 Å². The van der Waals surface area contributed by atoms with Crippen LogP contribution in [0.3, 0.4) is 0 Å². The van der Waals surface area contributed by atoms with Crippen molar-refractivity contribution in [3.05, 3.63) is 41.5 Å². The molecule has 3 aliphatic rings. The molecule has 2 unspecified atom stereocenters. The number of fused-ring (bicyclic) bond motifs is 2. The summed E-state index contributed by atoms with van der Waals surface area (Å²) < 4.78 is 30.4. The number of anilines is 1. The van der Waals surface area contributed by atoms with E-state index in [9.17, 15) is 14.0 Å². The molecule has 2 aromatic rings. The van der Waals surface area contributed by atoms with Crippen LogP contribution in [0.2, 0.25) is 0 Å². The van der Waals surface area contributed by atoms with Crippen molar-refractivity contribution in [2.75, 3.05) is 38.2 Å². The van der Waals surface area contributed by atoms with Gasteiger partial charge >= 0.3 is 0 Å². The molecule has 1 aromatic carbocycles. The third-order valence-corrected chi connectivity index (χ3v) is 7.94. The Labute approximate surface area is 202 Å². The number of nitrogens with one attached hydrogen (secondary N) is 2. The molecule has 10 heteroatoms. The van der Waals surface area contributed by atoms with Gasteiger partial charge < -0.3 is 24.3 Å². The van der Waals surface area contributed by atoms with E-state index in [1.807, 2.05) is 18.0 Å². The molecule has 2 atom stereocenters. The lowest BCUT2D eigenvalue weighted by Crippen LogP contribution is -2.53. The van der Waals surface area contributed by atoms with Crippen molar-refractivity contribution >= 4 is 29.4 Å². The highest BCUT2D eigenvalue weighted by molar-refractivity contribution is 7.97.